The maximum Gasteiger partial charge on any atom is 0.269 e. The zero-order chi connectivity index (χ0) is 12.1. The van der Waals surface area contributed by atoms with Gasteiger partial charge in [-0.1, -0.05) is 6.07 Å². The van der Waals surface area contributed by atoms with Crippen molar-refractivity contribution in [3.8, 4) is 0 Å². The molecule has 0 aliphatic carbocycles. The summed E-state index contributed by atoms with van der Waals surface area (Å²) in [6, 6.07) is 4.82. The number of hydrogen-bond acceptors (Lipinski definition) is 3. The van der Waals surface area contributed by atoms with Gasteiger partial charge in [0.25, 0.3) is 12.3 Å². The van der Waals surface area contributed by atoms with Crippen LogP contribution in [-0.2, 0) is 0 Å². The van der Waals surface area contributed by atoms with Crippen molar-refractivity contribution < 1.29 is 18.7 Å². The summed E-state index contributed by atoms with van der Waals surface area (Å²) >= 11 is 0. The van der Waals surface area contributed by atoms with Crippen LogP contribution in [0, 0.1) is 6.92 Å². The van der Waals surface area contributed by atoms with E-state index in [0.29, 0.717) is 5.69 Å². The molecule has 1 amide bonds. The van der Waals surface area contributed by atoms with Gasteiger partial charge in [-0.25, -0.2) is 13.8 Å². The Balaban J connectivity index is 2.53. The van der Waals surface area contributed by atoms with Crippen LogP contribution in [0.2, 0.25) is 0 Å². The second-order valence-corrected chi connectivity index (χ2v) is 3.28. The second-order valence-electron chi connectivity index (χ2n) is 3.28. The normalized spacial score (nSPS) is 12.6. The van der Waals surface area contributed by atoms with E-state index in [-0.39, 0.29) is 5.69 Å². The number of rotatable bonds is 4. The summed E-state index contributed by atoms with van der Waals surface area (Å²) in [7, 11) is 0. The lowest BCUT2D eigenvalue weighted by atomic mass is 10.3. The lowest BCUT2D eigenvalue weighted by molar-refractivity contribution is -0.00272. The van der Waals surface area contributed by atoms with Crippen LogP contribution in [0.5, 0.6) is 0 Å². The molecule has 0 saturated carbocycles. The molecule has 0 radical (unpaired) electrons. The summed E-state index contributed by atoms with van der Waals surface area (Å²) in [6.07, 6.45) is -4.72. The monoisotopic (exact) mass is 230 g/mol. The third-order valence-corrected chi connectivity index (χ3v) is 1.88. The summed E-state index contributed by atoms with van der Waals surface area (Å²) < 4.78 is 23.9. The van der Waals surface area contributed by atoms with Crippen LogP contribution >= 0.6 is 0 Å². The lowest BCUT2D eigenvalue weighted by Crippen LogP contribution is -2.36. The van der Waals surface area contributed by atoms with Gasteiger partial charge in [0.2, 0.25) is 0 Å². The SMILES string of the molecule is Cc1cccc(C(=O)NCC(O)C(F)F)n1. The summed E-state index contributed by atoms with van der Waals surface area (Å²) in [6.45, 7) is 1.22. The quantitative estimate of drug-likeness (QED) is 0.802. The molecule has 0 aliphatic heterocycles. The van der Waals surface area contributed by atoms with E-state index in [1.165, 1.54) is 6.07 Å². The van der Waals surface area contributed by atoms with Gasteiger partial charge in [-0.2, -0.15) is 0 Å². The first kappa shape index (κ1) is 12.5. The third kappa shape index (κ3) is 3.54. The fraction of sp³-hybridized carbons (Fsp3) is 0.400. The van der Waals surface area contributed by atoms with Crippen LogP contribution in [-0.4, -0.2) is 35.1 Å². The highest BCUT2D eigenvalue weighted by atomic mass is 19.3. The Hall–Kier alpha value is -1.56. The molecule has 0 aliphatic rings. The average Bonchev–Trinajstić information content (AvgIpc) is 2.25. The van der Waals surface area contributed by atoms with E-state index in [9.17, 15) is 13.6 Å². The van der Waals surface area contributed by atoms with Crippen molar-refractivity contribution in [2.75, 3.05) is 6.54 Å². The molecule has 1 aromatic heterocycles. The van der Waals surface area contributed by atoms with Crippen LogP contribution < -0.4 is 5.32 Å². The predicted molar refractivity (Wildman–Crippen MR) is 53.3 cm³/mol. The molecule has 0 fully saturated rings. The first-order valence-electron chi connectivity index (χ1n) is 4.69. The summed E-state index contributed by atoms with van der Waals surface area (Å²) in [4.78, 5) is 15.3. The molecule has 16 heavy (non-hydrogen) atoms. The van der Waals surface area contributed by atoms with Crippen molar-refractivity contribution in [3.05, 3.63) is 29.6 Å². The van der Waals surface area contributed by atoms with Crippen molar-refractivity contribution in [2.24, 2.45) is 0 Å². The molecule has 0 bridgehead atoms. The van der Waals surface area contributed by atoms with Gasteiger partial charge in [0.05, 0.1) is 0 Å². The molecule has 1 heterocycles. The molecule has 0 saturated heterocycles. The molecule has 0 aromatic carbocycles. The van der Waals surface area contributed by atoms with Crippen LogP contribution in [0.3, 0.4) is 0 Å². The fourth-order valence-corrected chi connectivity index (χ4v) is 1.05. The predicted octanol–water partition coefficient (Wildman–Crippen LogP) is 0.746. The Morgan fingerprint density at radius 3 is 2.81 bits per heavy atom. The number of aryl methyl sites for hydroxylation is 1. The number of hydrogen-bond donors (Lipinski definition) is 2. The van der Waals surface area contributed by atoms with E-state index in [1.807, 2.05) is 0 Å². The Kier molecular flexibility index (Phi) is 4.30. The van der Waals surface area contributed by atoms with E-state index in [1.54, 1.807) is 19.1 Å². The number of aromatic nitrogens is 1. The van der Waals surface area contributed by atoms with Gasteiger partial charge in [-0.15, -0.1) is 0 Å². The number of alkyl halides is 2. The van der Waals surface area contributed by atoms with Crippen LogP contribution in [0.15, 0.2) is 18.2 Å². The van der Waals surface area contributed by atoms with E-state index in [4.69, 9.17) is 5.11 Å². The summed E-state index contributed by atoms with van der Waals surface area (Å²) in [5, 5.41) is 11.0. The topological polar surface area (TPSA) is 62.2 Å². The summed E-state index contributed by atoms with van der Waals surface area (Å²) in [5.74, 6) is -0.580. The molecule has 4 nitrogen and oxygen atoms in total. The maximum absolute atomic E-state index is 11.9. The number of halogens is 2. The van der Waals surface area contributed by atoms with Crippen molar-refractivity contribution in [3.63, 3.8) is 0 Å². The van der Waals surface area contributed by atoms with Crippen LogP contribution in [0.4, 0.5) is 8.78 Å². The van der Waals surface area contributed by atoms with Gasteiger partial charge in [0.1, 0.15) is 11.8 Å². The molecule has 2 N–H and O–H groups in total. The Morgan fingerprint density at radius 1 is 1.56 bits per heavy atom. The Labute approximate surface area is 91.3 Å². The highest BCUT2D eigenvalue weighted by molar-refractivity contribution is 5.92. The highest BCUT2D eigenvalue weighted by Crippen LogP contribution is 2.00. The van der Waals surface area contributed by atoms with Gasteiger partial charge in [0, 0.05) is 12.2 Å². The molecule has 1 aromatic rings. The molecule has 0 spiro atoms. The minimum Gasteiger partial charge on any atom is -0.385 e. The third-order valence-electron chi connectivity index (χ3n) is 1.88. The van der Waals surface area contributed by atoms with Gasteiger partial charge in [-0.05, 0) is 19.1 Å². The van der Waals surface area contributed by atoms with E-state index in [0.717, 1.165) is 0 Å². The van der Waals surface area contributed by atoms with Gasteiger partial charge >= 0.3 is 0 Å². The smallest absolute Gasteiger partial charge is 0.269 e. The van der Waals surface area contributed by atoms with Gasteiger partial charge in [-0.3, -0.25) is 4.79 Å². The lowest BCUT2D eigenvalue weighted by Gasteiger charge is -2.10. The molecule has 1 unspecified atom stereocenters. The number of aliphatic hydroxyl groups is 1. The largest absolute Gasteiger partial charge is 0.385 e. The number of nitrogens with one attached hydrogen (secondary N) is 1. The molecular formula is C10H12F2N2O2. The average molecular weight is 230 g/mol. The van der Waals surface area contributed by atoms with E-state index >= 15 is 0 Å². The van der Waals surface area contributed by atoms with Crippen molar-refractivity contribution >= 4 is 5.91 Å². The molecule has 6 heteroatoms. The minimum absolute atomic E-state index is 0.140. The molecule has 88 valence electrons. The maximum atomic E-state index is 11.9. The number of aliphatic hydroxyl groups excluding tert-OH is 1. The second kappa shape index (κ2) is 5.50. The Morgan fingerprint density at radius 2 is 2.25 bits per heavy atom. The van der Waals surface area contributed by atoms with Gasteiger partial charge in [0.15, 0.2) is 0 Å². The molecular weight excluding hydrogens is 218 g/mol. The van der Waals surface area contributed by atoms with Crippen molar-refractivity contribution in [1.82, 2.24) is 10.3 Å². The fourth-order valence-electron chi connectivity index (χ4n) is 1.05. The first-order valence-corrected chi connectivity index (χ1v) is 4.69. The Bertz CT molecular complexity index is 372. The van der Waals surface area contributed by atoms with E-state index < -0.39 is 25.0 Å². The molecule has 1 atom stereocenters. The zero-order valence-corrected chi connectivity index (χ0v) is 8.65. The van der Waals surface area contributed by atoms with Gasteiger partial charge < -0.3 is 10.4 Å². The van der Waals surface area contributed by atoms with Crippen molar-refractivity contribution in [1.29, 1.82) is 0 Å². The minimum atomic E-state index is -2.87. The van der Waals surface area contributed by atoms with E-state index in [2.05, 4.69) is 10.3 Å². The highest BCUT2D eigenvalue weighted by Gasteiger charge is 2.18. The summed E-state index contributed by atoms with van der Waals surface area (Å²) in [5.41, 5.74) is 0.795. The number of carbonyl (C=O) groups excluding carboxylic acids is 1. The number of amides is 1. The van der Waals surface area contributed by atoms with Crippen LogP contribution in [0.1, 0.15) is 16.2 Å². The number of pyridine rings is 1. The molecule has 1 rings (SSSR count). The first-order chi connectivity index (χ1) is 7.50. The standard InChI is InChI=1S/C10H12F2N2O2/c1-6-3-2-4-7(14-6)10(16)13-5-8(15)9(11)12/h2-4,8-9,15H,5H2,1H3,(H,13,16). The zero-order valence-electron chi connectivity index (χ0n) is 8.65. The van der Waals surface area contributed by atoms with Crippen LogP contribution in [0.25, 0.3) is 0 Å². The number of nitrogens with zero attached hydrogens (tertiary/aromatic N) is 1. The van der Waals surface area contributed by atoms with Crippen molar-refractivity contribution in [2.45, 2.75) is 19.5 Å². The number of carbonyl (C=O) groups is 1.